The predicted molar refractivity (Wildman–Crippen MR) is 75.0 cm³/mol. The van der Waals surface area contributed by atoms with Gasteiger partial charge >= 0.3 is 0 Å². The van der Waals surface area contributed by atoms with Gasteiger partial charge < -0.3 is 4.74 Å². The largest absolute Gasteiger partial charge is 0.497 e. The van der Waals surface area contributed by atoms with Crippen LogP contribution < -0.4 is 4.74 Å². The number of rotatable bonds is 4. The molecule has 2 aromatic carbocycles. The van der Waals surface area contributed by atoms with Gasteiger partial charge in [-0.3, -0.25) is 5.11 Å². The quantitative estimate of drug-likeness (QED) is 0.750. The average Bonchev–Trinajstić information content (AvgIpc) is 2.41. The number of hydrogen-bond donors (Lipinski definition) is 0. The highest BCUT2D eigenvalue weighted by molar-refractivity contribution is 7.99. The van der Waals surface area contributed by atoms with Crippen LogP contribution >= 0.6 is 11.8 Å². The third kappa shape index (κ3) is 2.79. The van der Waals surface area contributed by atoms with Crippen LogP contribution in [0.3, 0.4) is 0 Å². The Kier molecular flexibility index (Phi) is 4.15. The van der Waals surface area contributed by atoms with Crippen LogP contribution in [0.15, 0.2) is 47.4 Å². The van der Waals surface area contributed by atoms with E-state index in [2.05, 4.69) is 6.92 Å². The SMILES string of the molecule is CCSc1ccc(-c2cc(OC)ccc2[O])cc1. The van der Waals surface area contributed by atoms with Crippen molar-refractivity contribution < 1.29 is 9.84 Å². The van der Waals surface area contributed by atoms with E-state index in [4.69, 9.17) is 4.74 Å². The molecule has 0 aliphatic heterocycles. The van der Waals surface area contributed by atoms with Crippen LogP contribution in [0.1, 0.15) is 6.92 Å². The first kappa shape index (κ1) is 12.8. The van der Waals surface area contributed by atoms with Gasteiger partial charge in [-0.2, -0.15) is 0 Å². The number of hydrogen-bond acceptors (Lipinski definition) is 2. The smallest absolute Gasteiger partial charge is 0.186 e. The van der Waals surface area contributed by atoms with Crippen molar-refractivity contribution in [3.05, 3.63) is 42.5 Å². The Bertz CT molecular complexity index is 521. The molecule has 0 bridgehead atoms. The molecular formula is C15H15O2S. The van der Waals surface area contributed by atoms with Gasteiger partial charge in [0, 0.05) is 10.5 Å². The second kappa shape index (κ2) is 5.83. The van der Waals surface area contributed by atoms with Gasteiger partial charge in [0.1, 0.15) is 5.75 Å². The molecule has 0 aromatic heterocycles. The van der Waals surface area contributed by atoms with Crippen molar-refractivity contribution in [3.8, 4) is 22.6 Å². The first-order valence-electron chi connectivity index (χ1n) is 5.83. The third-order valence-electron chi connectivity index (χ3n) is 2.66. The molecule has 0 fully saturated rings. The van der Waals surface area contributed by atoms with Crippen molar-refractivity contribution >= 4 is 11.8 Å². The molecular weight excluding hydrogens is 244 g/mol. The van der Waals surface area contributed by atoms with Crippen molar-refractivity contribution in [1.29, 1.82) is 0 Å². The summed E-state index contributed by atoms with van der Waals surface area (Å²) in [5.74, 6) is 1.77. The molecule has 2 nitrogen and oxygen atoms in total. The first-order chi connectivity index (χ1) is 8.74. The Labute approximate surface area is 112 Å². The van der Waals surface area contributed by atoms with Gasteiger partial charge in [0.2, 0.25) is 0 Å². The van der Waals surface area contributed by atoms with Crippen LogP contribution in [0.5, 0.6) is 11.5 Å². The van der Waals surface area contributed by atoms with Gasteiger partial charge in [0.05, 0.1) is 7.11 Å². The minimum atomic E-state index is 0.0201. The minimum absolute atomic E-state index is 0.0201. The minimum Gasteiger partial charge on any atom is -0.497 e. The summed E-state index contributed by atoms with van der Waals surface area (Å²) in [6.45, 7) is 2.12. The normalized spacial score (nSPS) is 10.3. The molecule has 2 rings (SSSR count). The Morgan fingerprint density at radius 3 is 2.44 bits per heavy atom. The topological polar surface area (TPSA) is 29.1 Å². The van der Waals surface area contributed by atoms with E-state index >= 15 is 0 Å². The predicted octanol–water partition coefficient (Wildman–Crippen LogP) is 4.62. The molecule has 0 aliphatic rings. The molecule has 0 saturated heterocycles. The fraction of sp³-hybridized carbons (Fsp3) is 0.200. The van der Waals surface area contributed by atoms with Gasteiger partial charge in [-0.05, 0) is 41.6 Å². The summed E-state index contributed by atoms with van der Waals surface area (Å²) in [5, 5.41) is 11.8. The van der Waals surface area contributed by atoms with Gasteiger partial charge in [-0.15, -0.1) is 11.8 Å². The summed E-state index contributed by atoms with van der Waals surface area (Å²) in [4.78, 5) is 1.22. The molecule has 0 N–H and O–H groups in total. The maximum Gasteiger partial charge on any atom is 0.186 e. The Morgan fingerprint density at radius 1 is 1.11 bits per heavy atom. The molecule has 3 heteroatoms. The van der Waals surface area contributed by atoms with E-state index in [-0.39, 0.29) is 5.75 Å². The third-order valence-corrected chi connectivity index (χ3v) is 3.56. The molecule has 0 amide bonds. The van der Waals surface area contributed by atoms with Crippen LogP contribution in [0.25, 0.3) is 11.1 Å². The van der Waals surface area contributed by atoms with E-state index in [0.29, 0.717) is 11.3 Å². The number of methoxy groups -OCH3 is 1. The molecule has 0 saturated carbocycles. The number of ether oxygens (including phenoxy) is 1. The summed E-state index contributed by atoms with van der Waals surface area (Å²) in [6.07, 6.45) is 0. The van der Waals surface area contributed by atoms with E-state index in [9.17, 15) is 5.11 Å². The van der Waals surface area contributed by atoms with Crippen molar-refractivity contribution in [3.63, 3.8) is 0 Å². The van der Waals surface area contributed by atoms with E-state index < -0.39 is 0 Å². The van der Waals surface area contributed by atoms with Crippen molar-refractivity contribution in [2.24, 2.45) is 0 Å². The zero-order valence-electron chi connectivity index (χ0n) is 10.5. The van der Waals surface area contributed by atoms with Gasteiger partial charge in [-0.25, -0.2) is 0 Å². The van der Waals surface area contributed by atoms with Crippen molar-refractivity contribution in [2.75, 3.05) is 12.9 Å². The molecule has 93 valence electrons. The molecule has 0 atom stereocenters. The van der Waals surface area contributed by atoms with Gasteiger partial charge in [0.25, 0.3) is 0 Å². The zero-order valence-corrected chi connectivity index (χ0v) is 11.3. The first-order valence-corrected chi connectivity index (χ1v) is 6.81. The molecule has 2 aromatic rings. The Hall–Kier alpha value is -1.61. The Morgan fingerprint density at radius 2 is 1.83 bits per heavy atom. The van der Waals surface area contributed by atoms with Crippen LogP contribution in [0.2, 0.25) is 0 Å². The fourth-order valence-electron chi connectivity index (χ4n) is 1.76. The van der Waals surface area contributed by atoms with Gasteiger partial charge in [0.15, 0.2) is 5.75 Å². The maximum atomic E-state index is 11.8. The van der Waals surface area contributed by atoms with E-state index in [1.165, 1.54) is 4.90 Å². The lowest BCUT2D eigenvalue weighted by Crippen LogP contribution is -1.84. The highest BCUT2D eigenvalue weighted by atomic mass is 32.2. The zero-order chi connectivity index (χ0) is 13.0. The van der Waals surface area contributed by atoms with E-state index in [1.807, 2.05) is 24.3 Å². The monoisotopic (exact) mass is 259 g/mol. The molecule has 18 heavy (non-hydrogen) atoms. The van der Waals surface area contributed by atoms with E-state index in [1.54, 1.807) is 37.1 Å². The molecule has 1 radical (unpaired) electrons. The lowest BCUT2D eigenvalue weighted by Gasteiger charge is -2.06. The number of thioether (sulfide) groups is 1. The average molecular weight is 259 g/mol. The highest BCUT2D eigenvalue weighted by Crippen LogP contribution is 2.33. The summed E-state index contributed by atoms with van der Waals surface area (Å²) in [5.41, 5.74) is 1.61. The second-order valence-electron chi connectivity index (χ2n) is 3.82. The van der Waals surface area contributed by atoms with E-state index in [0.717, 1.165) is 11.3 Å². The second-order valence-corrected chi connectivity index (χ2v) is 5.16. The fourth-order valence-corrected chi connectivity index (χ4v) is 2.42. The lowest BCUT2D eigenvalue weighted by atomic mass is 10.0. The summed E-state index contributed by atoms with van der Waals surface area (Å²) in [7, 11) is 1.60. The van der Waals surface area contributed by atoms with Crippen LogP contribution in [0.4, 0.5) is 0 Å². The van der Waals surface area contributed by atoms with Crippen LogP contribution in [-0.2, 0) is 5.11 Å². The molecule has 0 unspecified atom stereocenters. The lowest BCUT2D eigenvalue weighted by molar-refractivity contribution is 0.354. The van der Waals surface area contributed by atoms with Crippen molar-refractivity contribution in [1.82, 2.24) is 0 Å². The summed E-state index contributed by atoms with van der Waals surface area (Å²) >= 11 is 1.79. The standard InChI is InChI=1S/C15H15O2S/c1-3-18-13-7-4-11(5-8-13)14-10-12(17-2)6-9-15(14)16/h4-10H,3H2,1-2H3. The molecule has 0 heterocycles. The van der Waals surface area contributed by atoms with Crippen LogP contribution in [0, 0.1) is 0 Å². The molecule has 0 spiro atoms. The Balaban J connectivity index is 2.35. The summed E-state index contributed by atoms with van der Waals surface area (Å²) < 4.78 is 5.15. The highest BCUT2D eigenvalue weighted by Gasteiger charge is 2.07. The van der Waals surface area contributed by atoms with Crippen molar-refractivity contribution in [2.45, 2.75) is 11.8 Å². The molecule has 0 aliphatic carbocycles. The van der Waals surface area contributed by atoms with Gasteiger partial charge in [-0.1, -0.05) is 19.1 Å². The summed E-state index contributed by atoms with van der Waals surface area (Å²) in [6, 6.07) is 13.1. The van der Waals surface area contributed by atoms with Crippen LogP contribution in [-0.4, -0.2) is 12.9 Å². The number of benzene rings is 2. The maximum absolute atomic E-state index is 11.8.